The lowest BCUT2D eigenvalue weighted by Crippen LogP contribution is -1.91. The smallest absolute Gasteiger partial charge is 0.143 e. The van der Waals surface area contributed by atoms with Crippen LogP contribution in [-0.4, -0.2) is 14.8 Å². The summed E-state index contributed by atoms with van der Waals surface area (Å²) in [6.07, 6.45) is 1.68. The minimum absolute atomic E-state index is 0.767. The zero-order valence-corrected chi connectivity index (χ0v) is 6.09. The van der Waals surface area contributed by atoms with Gasteiger partial charge in [0, 0.05) is 7.05 Å². The van der Waals surface area contributed by atoms with E-state index in [0.717, 1.165) is 11.2 Å². The number of halogens is 1. The summed E-state index contributed by atoms with van der Waals surface area (Å²) in [5.41, 5.74) is 0. The van der Waals surface area contributed by atoms with Gasteiger partial charge in [-0.15, -0.1) is 10.2 Å². The number of alkyl halides is 1. The molecule has 0 N–H and O–H groups in total. The fraction of sp³-hybridized carbons (Fsp3) is 0.500. The molecule has 1 aromatic heterocycles. The molecule has 0 atom stereocenters. The lowest BCUT2D eigenvalue weighted by atomic mass is 10.7. The van der Waals surface area contributed by atoms with Crippen molar-refractivity contribution in [2.75, 3.05) is 0 Å². The van der Waals surface area contributed by atoms with Gasteiger partial charge in [0.1, 0.15) is 12.2 Å². The Hall–Kier alpha value is -0.380. The van der Waals surface area contributed by atoms with Crippen molar-refractivity contribution in [3.05, 3.63) is 12.2 Å². The Morgan fingerprint density at radius 1 is 1.88 bits per heavy atom. The largest absolute Gasteiger partial charge is 0.320 e. The molecule has 44 valence electrons. The van der Waals surface area contributed by atoms with Gasteiger partial charge < -0.3 is 4.57 Å². The van der Waals surface area contributed by atoms with E-state index >= 15 is 0 Å². The molecule has 0 aliphatic rings. The van der Waals surface area contributed by atoms with E-state index in [1.807, 2.05) is 11.6 Å². The highest BCUT2D eigenvalue weighted by Crippen LogP contribution is 1.96. The molecule has 0 unspecified atom stereocenters. The minimum atomic E-state index is 0.767. The Balaban J connectivity index is 2.92. The van der Waals surface area contributed by atoms with Crippen LogP contribution in [0.15, 0.2) is 6.33 Å². The summed E-state index contributed by atoms with van der Waals surface area (Å²) in [5.74, 6) is 0.949. The maximum atomic E-state index is 3.80. The lowest BCUT2D eigenvalue weighted by Gasteiger charge is -1.89. The fourth-order valence-electron chi connectivity index (χ4n) is 0.428. The van der Waals surface area contributed by atoms with E-state index in [2.05, 4.69) is 26.1 Å². The molecule has 0 fully saturated rings. The van der Waals surface area contributed by atoms with Crippen molar-refractivity contribution in [2.24, 2.45) is 7.05 Å². The monoisotopic (exact) mass is 175 g/mol. The molecule has 3 nitrogen and oxygen atoms in total. The van der Waals surface area contributed by atoms with E-state index in [-0.39, 0.29) is 0 Å². The first-order chi connectivity index (χ1) is 3.84. The summed E-state index contributed by atoms with van der Waals surface area (Å²) in [7, 11) is 1.91. The van der Waals surface area contributed by atoms with Crippen LogP contribution in [0.5, 0.6) is 0 Å². The van der Waals surface area contributed by atoms with Gasteiger partial charge in [0.25, 0.3) is 0 Å². The predicted molar refractivity (Wildman–Crippen MR) is 33.6 cm³/mol. The maximum Gasteiger partial charge on any atom is 0.143 e. The van der Waals surface area contributed by atoms with Gasteiger partial charge in [0.05, 0.1) is 5.33 Å². The molecule has 0 bridgehead atoms. The van der Waals surface area contributed by atoms with Gasteiger partial charge in [0.2, 0.25) is 0 Å². The SMILES string of the molecule is Cn1cnnc1CBr. The van der Waals surface area contributed by atoms with Crippen LogP contribution in [0.1, 0.15) is 5.82 Å². The second-order valence-corrected chi connectivity index (χ2v) is 2.05. The predicted octanol–water partition coefficient (Wildman–Crippen LogP) is 0.710. The van der Waals surface area contributed by atoms with E-state index in [1.165, 1.54) is 0 Å². The van der Waals surface area contributed by atoms with E-state index in [0.29, 0.717) is 0 Å². The molecule has 0 radical (unpaired) electrons. The molecule has 0 aliphatic heterocycles. The third-order valence-corrected chi connectivity index (χ3v) is 1.43. The van der Waals surface area contributed by atoms with Crippen LogP contribution in [0.3, 0.4) is 0 Å². The van der Waals surface area contributed by atoms with Gasteiger partial charge in [-0.1, -0.05) is 15.9 Å². The van der Waals surface area contributed by atoms with Gasteiger partial charge in [-0.3, -0.25) is 0 Å². The molecule has 0 aliphatic carbocycles. The van der Waals surface area contributed by atoms with Crippen LogP contribution in [0.4, 0.5) is 0 Å². The van der Waals surface area contributed by atoms with Crippen molar-refractivity contribution in [3.8, 4) is 0 Å². The Labute approximate surface area is 55.9 Å². The van der Waals surface area contributed by atoms with Crippen molar-refractivity contribution in [1.82, 2.24) is 14.8 Å². The van der Waals surface area contributed by atoms with Crippen molar-refractivity contribution in [3.63, 3.8) is 0 Å². The normalized spacial score (nSPS) is 9.75. The third-order valence-electron chi connectivity index (χ3n) is 0.925. The van der Waals surface area contributed by atoms with Crippen molar-refractivity contribution < 1.29 is 0 Å². The van der Waals surface area contributed by atoms with Crippen molar-refractivity contribution >= 4 is 15.9 Å². The molecule has 1 heterocycles. The van der Waals surface area contributed by atoms with E-state index < -0.39 is 0 Å². The average Bonchev–Trinajstić information content (AvgIpc) is 2.14. The Kier molecular flexibility index (Phi) is 1.62. The van der Waals surface area contributed by atoms with Gasteiger partial charge >= 0.3 is 0 Å². The van der Waals surface area contributed by atoms with Gasteiger partial charge in [0.15, 0.2) is 0 Å². The fourth-order valence-corrected chi connectivity index (χ4v) is 0.936. The highest BCUT2D eigenvalue weighted by atomic mass is 79.9. The van der Waals surface area contributed by atoms with Gasteiger partial charge in [-0.2, -0.15) is 0 Å². The number of aromatic nitrogens is 3. The number of hydrogen-bond acceptors (Lipinski definition) is 2. The molecule has 1 rings (SSSR count). The van der Waals surface area contributed by atoms with E-state index in [4.69, 9.17) is 0 Å². The zero-order chi connectivity index (χ0) is 5.98. The lowest BCUT2D eigenvalue weighted by molar-refractivity contribution is 0.852. The van der Waals surface area contributed by atoms with Crippen LogP contribution in [-0.2, 0) is 12.4 Å². The first kappa shape index (κ1) is 5.75. The molecular weight excluding hydrogens is 170 g/mol. The van der Waals surface area contributed by atoms with Crippen LogP contribution in [0.2, 0.25) is 0 Å². The summed E-state index contributed by atoms with van der Waals surface area (Å²) < 4.78 is 1.87. The summed E-state index contributed by atoms with van der Waals surface area (Å²) in [5, 5.41) is 8.24. The number of aryl methyl sites for hydroxylation is 1. The Morgan fingerprint density at radius 3 is 2.88 bits per heavy atom. The maximum absolute atomic E-state index is 3.80. The topological polar surface area (TPSA) is 30.7 Å². The molecule has 0 aromatic carbocycles. The summed E-state index contributed by atoms with van der Waals surface area (Å²) >= 11 is 3.26. The number of rotatable bonds is 1. The van der Waals surface area contributed by atoms with Crippen LogP contribution in [0, 0.1) is 0 Å². The molecule has 0 spiro atoms. The second-order valence-electron chi connectivity index (χ2n) is 1.49. The highest BCUT2D eigenvalue weighted by molar-refractivity contribution is 9.08. The van der Waals surface area contributed by atoms with Crippen LogP contribution in [0.25, 0.3) is 0 Å². The first-order valence-corrected chi connectivity index (χ1v) is 3.35. The molecular formula is C4H6BrN3. The summed E-state index contributed by atoms with van der Waals surface area (Å²) in [6, 6.07) is 0. The average molecular weight is 176 g/mol. The van der Waals surface area contributed by atoms with Crippen LogP contribution >= 0.6 is 15.9 Å². The number of hydrogen-bond donors (Lipinski definition) is 0. The first-order valence-electron chi connectivity index (χ1n) is 2.23. The molecule has 0 saturated carbocycles. The second kappa shape index (κ2) is 2.26. The molecule has 4 heteroatoms. The molecule has 8 heavy (non-hydrogen) atoms. The summed E-state index contributed by atoms with van der Waals surface area (Å²) in [4.78, 5) is 0. The van der Waals surface area contributed by atoms with Crippen molar-refractivity contribution in [2.45, 2.75) is 5.33 Å². The highest BCUT2D eigenvalue weighted by Gasteiger charge is 1.93. The van der Waals surface area contributed by atoms with Crippen LogP contribution < -0.4 is 0 Å². The third kappa shape index (κ3) is 0.888. The minimum Gasteiger partial charge on any atom is -0.320 e. The van der Waals surface area contributed by atoms with E-state index in [9.17, 15) is 0 Å². The Morgan fingerprint density at radius 2 is 2.62 bits per heavy atom. The van der Waals surface area contributed by atoms with Gasteiger partial charge in [-0.25, -0.2) is 0 Å². The Bertz CT molecular complexity index is 172. The van der Waals surface area contributed by atoms with Gasteiger partial charge in [-0.05, 0) is 0 Å². The van der Waals surface area contributed by atoms with Crippen molar-refractivity contribution in [1.29, 1.82) is 0 Å². The number of nitrogens with zero attached hydrogens (tertiary/aromatic N) is 3. The molecule has 0 saturated heterocycles. The zero-order valence-electron chi connectivity index (χ0n) is 4.50. The molecule has 1 aromatic rings. The van der Waals surface area contributed by atoms with E-state index in [1.54, 1.807) is 6.33 Å². The molecule has 0 amide bonds. The standard InChI is InChI=1S/C4H6BrN3/c1-8-3-6-7-4(8)2-5/h3H,2H2,1H3. The summed E-state index contributed by atoms with van der Waals surface area (Å²) in [6.45, 7) is 0. The quantitative estimate of drug-likeness (QED) is 0.590.